The zero-order chi connectivity index (χ0) is 12.4. The molecule has 2 aromatic heterocycles. The van der Waals surface area contributed by atoms with Crippen molar-refractivity contribution in [3.63, 3.8) is 0 Å². The highest BCUT2D eigenvalue weighted by Gasteiger charge is 2.14. The van der Waals surface area contributed by atoms with Crippen LogP contribution in [0.1, 0.15) is 28.0 Å². The van der Waals surface area contributed by atoms with E-state index >= 15 is 0 Å². The summed E-state index contributed by atoms with van der Waals surface area (Å²) in [5.74, 6) is 0.811. The molecule has 0 bridgehead atoms. The maximum absolute atomic E-state index is 12.1. The van der Waals surface area contributed by atoms with Crippen molar-refractivity contribution >= 4 is 33.0 Å². The number of carbonyl (C=O) groups is 1. The lowest BCUT2D eigenvalue weighted by atomic mass is 10.2. The van der Waals surface area contributed by atoms with Crippen molar-refractivity contribution in [2.24, 2.45) is 0 Å². The van der Waals surface area contributed by atoms with Crippen molar-refractivity contribution < 1.29 is 4.79 Å². The molecule has 4 nitrogen and oxygen atoms in total. The third kappa shape index (κ3) is 2.63. The first kappa shape index (κ1) is 12.4. The topological polar surface area (TPSA) is 47.8 Å². The lowest BCUT2D eigenvalue weighted by Crippen LogP contribution is -2.09. The van der Waals surface area contributed by atoms with Crippen LogP contribution in [0.4, 0.5) is 0 Å². The van der Waals surface area contributed by atoms with E-state index in [2.05, 4.69) is 26.0 Å². The summed E-state index contributed by atoms with van der Waals surface area (Å²) in [5, 5.41) is 4.05. The van der Waals surface area contributed by atoms with Gasteiger partial charge in [0.15, 0.2) is 5.78 Å². The number of halogens is 1. The van der Waals surface area contributed by atoms with Crippen LogP contribution in [0, 0.1) is 6.92 Å². The van der Waals surface area contributed by atoms with Crippen molar-refractivity contribution in [3.8, 4) is 0 Å². The molecule has 0 saturated heterocycles. The minimum atomic E-state index is 0.0894. The maximum Gasteiger partial charge on any atom is 0.180 e. The van der Waals surface area contributed by atoms with Crippen LogP contribution in [0.2, 0.25) is 0 Å². The van der Waals surface area contributed by atoms with Crippen LogP contribution in [-0.4, -0.2) is 20.5 Å². The van der Waals surface area contributed by atoms with Crippen LogP contribution in [0.25, 0.3) is 0 Å². The second-order valence-corrected chi connectivity index (χ2v) is 6.03. The molecular formula is C11H12BrN3OS. The Morgan fingerprint density at radius 3 is 2.94 bits per heavy atom. The molecule has 2 heterocycles. The second kappa shape index (κ2) is 5.10. The highest BCUT2D eigenvalue weighted by atomic mass is 79.9. The molecule has 2 rings (SSSR count). The number of Topliss-reactive ketones (excluding diaryl/α,β-unsaturated/α-hetero) is 1. The number of aromatic nitrogens is 3. The number of hydrogen-bond donors (Lipinski definition) is 0. The SMILES string of the molecule is CCn1ncnc1CC(=O)c1cc(C)c(Br)s1. The molecule has 0 fully saturated rings. The molecule has 0 atom stereocenters. The fourth-order valence-electron chi connectivity index (χ4n) is 1.52. The quantitative estimate of drug-likeness (QED) is 0.815. The summed E-state index contributed by atoms with van der Waals surface area (Å²) < 4.78 is 2.76. The van der Waals surface area contributed by atoms with E-state index < -0.39 is 0 Å². The average molecular weight is 314 g/mol. The van der Waals surface area contributed by atoms with Crippen molar-refractivity contribution in [1.29, 1.82) is 0 Å². The molecule has 0 N–H and O–H groups in total. The lowest BCUT2D eigenvalue weighted by Gasteiger charge is -2.00. The first-order valence-electron chi connectivity index (χ1n) is 5.27. The van der Waals surface area contributed by atoms with E-state index in [1.807, 2.05) is 19.9 Å². The van der Waals surface area contributed by atoms with E-state index in [1.54, 1.807) is 4.68 Å². The molecule has 6 heteroatoms. The Bertz CT molecular complexity index is 527. The summed E-state index contributed by atoms with van der Waals surface area (Å²) in [5.41, 5.74) is 1.09. The number of rotatable bonds is 4. The van der Waals surface area contributed by atoms with Crippen LogP contribution in [0.3, 0.4) is 0 Å². The fraction of sp³-hybridized carbons (Fsp3) is 0.364. The molecule has 0 radical (unpaired) electrons. The van der Waals surface area contributed by atoms with Crippen molar-refractivity contribution in [2.75, 3.05) is 0 Å². The molecule has 0 aliphatic rings. The van der Waals surface area contributed by atoms with Gasteiger partial charge in [-0.25, -0.2) is 9.67 Å². The number of ketones is 1. The molecule has 0 aromatic carbocycles. The van der Waals surface area contributed by atoms with Gasteiger partial charge in [0.1, 0.15) is 12.2 Å². The summed E-state index contributed by atoms with van der Waals surface area (Å²) in [4.78, 5) is 16.9. The predicted molar refractivity (Wildman–Crippen MR) is 70.5 cm³/mol. The van der Waals surface area contributed by atoms with Crippen LogP contribution in [0.5, 0.6) is 0 Å². The van der Waals surface area contributed by atoms with E-state index in [-0.39, 0.29) is 5.78 Å². The van der Waals surface area contributed by atoms with E-state index in [9.17, 15) is 4.79 Å². The minimum absolute atomic E-state index is 0.0894. The summed E-state index contributed by atoms with van der Waals surface area (Å²) in [6, 6.07) is 1.91. The van der Waals surface area contributed by atoms with Gasteiger partial charge in [-0.15, -0.1) is 11.3 Å². The highest BCUT2D eigenvalue weighted by molar-refractivity contribution is 9.11. The first-order chi connectivity index (χ1) is 8.11. The van der Waals surface area contributed by atoms with Crippen molar-refractivity contribution in [1.82, 2.24) is 14.8 Å². The Kier molecular flexibility index (Phi) is 3.73. The maximum atomic E-state index is 12.1. The zero-order valence-electron chi connectivity index (χ0n) is 9.61. The van der Waals surface area contributed by atoms with E-state index in [4.69, 9.17) is 0 Å². The molecule has 0 spiro atoms. The molecule has 0 saturated carbocycles. The summed E-state index contributed by atoms with van der Waals surface area (Å²) >= 11 is 4.89. The summed E-state index contributed by atoms with van der Waals surface area (Å²) in [6.07, 6.45) is 1.79. The first-order valence-corrected chi connectivity index (χ1v) is 6.88. The minimum Gasteiger partial charge on any atom is -0.293 e. The third-order valence-corrected chi connectivity index (χ3v) is 4.62. The monoisotopic (exact) mass is 313 g/mol. The van der Waals surface area contributed by atoms with Gasteiger partial charge < -0.3 is 0 Å². The largest absolute Gasteiger partial charge is 0.293 e. The van der Waals surface area contributed by atoms with E-state index in [1.165, 1.54) is 17.7 Å². The Morgan fingerprint density at radius 1 is 1.59 bits per heavy atom. The van der Waals surface area contributed by atoms with Gasteiger partial charge >= 0.3 is 0 Å². The molecule has 0 amide bonds. The smallest absolute Gasteiger partial charge is 0.180 e. The van der Waals surface area contributed by atoms with E-state index in [0.717, 1.165) is 26.6 Å². The van der Waals surface area contributed by atoms with Crippen LogP contribution < -0.4 is 0 Å². The Balaban J connectivity index is 2.17. The van der Waals surface area contributed by atoms with Gasteiger partial charge in [-0.1, -0.05) is 0 Å². The van der Waals surface area contributed by atoms with Gasteiger partial charge in [-0.2, -0.15) is 5.10 Å². The summed E-state index contributed by atoms with van der Waals surface area (Å²) in [7, 11) is 0. The molecule has 0 aliphatic heterocycles. The highest BCUT2D eigenvalue weighted by Crippen LogP contribution is 2.28. The van der Waals surface area contributed by atoms with Gasteiger partial charge in [0, 0.05) is 6.54 Å². The number of hydrogen-bond acceptors (Lipinski definition) is 4. The van der Waals surface area contributed by atoms with Crippen LogP contribution in [-0.2, 0) is 13.0 Å². The Hall–Kier alpha value is -1.01. The number of carbonyl (C=O) groups excluding carboxylic acids is 1. The molecule has 0 unspecified atom stereocenters. The molecule has 2 aromatic rings. The predicted octanol–water partition coefficient (Wildman–Crippen LogP) is 2.86. The molecule has 90 valence electrons. The average Bonchev–Trinajstić information content (AvgIpc) is 2.86. The van der Waals surface area contributed by atoms with Crippen molar-refractivity contribution in [2.45, 2.75) is 26.8 Å². The molecular weight excluding hydrogens is 302 g/mol. The third-order valence-electron chi connectivity index (χ3n) is 2.45. The van der Waals surface area contributed by atoms with E-state index in [0.29, 0.717) is 6.42 Å². The van der Waals surface area contributed by atoms with Crippen molar-refractivity contribution in [3.05, 3.63) is 32.4 Å². The van der Waals surface area contributed by atoms with Gasteiger partial charge in [0.2, 0.25) is 0 Å². The normalized spacial score (nSPS) is 10.8. The zero-order valence-corrected chi connectivity index (χ0v) is 12.0. The number of nitrogens with zero attached hydrogens (tertiary/aromatic N) is 3. The van der Waals surface area contributed by atoms with Gasteiger partial charge in [-0.05, 0) is 41.4 Å². The Labute approximate surface area is 112 Å². The Morgan fingerprint density at radius 2 is 2.35 bits per heavy atom. The van der Waals surface area contributed by atoms with Crippen LogP contribution in [0.15, 0.2) is 16.2 Å². The van der Waals surface area contributed by atoms with Gasteiger partial charge in [0.05, 0.1) is 15.1 Å². The fourth-order valence-corrected chi connectivity index (χ4v) is 2.99. The molecule has 17 heavy (non-hydrogen) atoms. The number of thiophene rings is 1. The van der Waals surface area contributed by atoms with Crippen LogP contribution >= 0.6 is 27.3 Å². The second-order valence-electron chi connectivity index (χ2n) is 3.66. The van der Waals surface area contributed by atoms with Gasteiger partial charge in [0.25, 0.3) is 0 Å². The van der Waals surface area contributed by atoms with Gasteiger partial charge in [-0.3, -0.25) is 4.79 Å². The molecule has 0 aliphatic carbocycles. The standard InChI is InChI=1S/C11H12BrN3OS/c1-3-15-10(13-6-14-15)5-8(16)9-4-7(2)11(12)17-9/h4,6H,3,5H2,1-2H3. The number of aryl methyl sites for hydroxylation is 2. The lowest BCUT2D eigenvalue weighted by molar-refractivity contribution is 0.0993. The summed E-state index contributed by atoms with van der Waals surface area (Å²) in [6.45, 7) is 4.69.